The van der Waals surface area contributed by atoms with Gasteiger partial charge in [-0.05, 0) is 47.5 Å². The van der Waals surface area contributed by atoms with Crippen molar-refractivity contribution in [3.8, 4) is 5.75 Å². The molecule has 0 spiro atoms. The van der Waals surface area contributed by atoms with Crippen molar-refractivity contribution < 1.29 is 29.0 Å². The van der Waals surface area contributed by atoms with Gasteiger partial charge in [0.05, 0.1) is 25.3 Å². The fourth-order valence-electron chi connectivity index (χ4n) is 2.56. The van der Waals surface area contributed by atoms with Gasteiger partial charge in [0.1, 0.15) is 17.6 Å². The maximum absolute atomic E-state index is 11.7. The topological polar surface area (TPSA) is 127 Å². The number of aliphatic carboxylic acids is 1. The number of carbonyl (C=O) groups is 3. The third-order valence-electron chi connectivity index (χ3n) is 4.15. The van der Waals surface area contributed by atoms with Crippen LogP contribution in [0.1, 0.15) is 27.9 Å². The molecule has 2 aromatic rings. The van der Waals surface area contributed by atoms with E-state index in [1.165, 1.54) is 13.3 Å². The van der Waals surface area contributed by atoms with E-state index in [1.54, 1.807) is 48.5 Å². The van der Waals surface area contributed by atoms with Gasteiger partial charge in [-0.3, -0.25) is 9.59 Å². The Balaban J connectivity index is 1.50. The normalized spacial score (nSPS) is 17.0. The molecular formula is C21H19N3O6S. The lowest BCUT2D eigenvalue weighted by Crippen LogP contribution is -2.26. The maximum Gasteiger partial charge on any atom is 0.337 e. The number of carboxylic acids is 1. The molecule has 31 heavy (non-hydrogen) atoms. The number of ether oxygens (including phenoxy) is 2. The largest absolute Gasteiger partial charge is 0.489 e. The zero-order chi connectivity index (χ0) is 22.2. The number of hydrogen-bond acceptors (Lipinski definition) is 8. The van der Waals surface area contributed by atoms with E-state index >= 15 is 0 Å². The van der Waals surface area contributed by atoms with Gasteiger partial charge < -0.3 is 19.9 Å². The molecular weight excluding hydrogens is 422 g/mol. The summed E-state index contributed by atoms with van der Waals surface area (Å²) in [6, 6.07) is 14.1. The van der Waals surface area contributed by atoms with Gasteiger partial charge >= 0.3 is 11.9 Å². The van der Waals surface area contributed by atoms with Gasteiger partial charge in [-0.25, -0.2) is 4.79 Å². The average molecular weight is 441 g/mol. The number of carbonyl (C=O) groups excluding carboxylic acids is 2. The number of amidine groups is 1. The first-order chi connectivity index (χ1) is 14.9. The van der Waals surface area contributed by atoms with Crippen LogP contribution in [-0.2, 0) is 20.9 Å². The molecule has 0 aromatic heterocycles. The Morgan fingerprint density at radius 3 is 2.52 bits per heavy atom. The van der Waals surface area contributed by atoms with Crippen LogP contribution in [0.25, 0.3) is 0 Å². The molecule has 1 unspecified atom stereocenters. The van der Waals surface area contributed by atoms with Crippen LogP contribution in [0.3, 0.4) is 0 Å². The van der Waals surface area contributed by atoms with E-state index in [1.807, 2.05) is 0 Å². The predicted octanol–water partition coefficient (Wildman–Crippen LogP) is 2.45. The molecule has 3 rings (SSSR count). The average Bonchev–Trinajstić information content (AvgIpc) is 3.11. The molecule has 9 nitrogen and oxygen atoms in total. The van der Waals surface area contributed by atoms with E-state index in [0.29, 0.717) is 17.9 Å². The number of carboxylic acid groups (broad SMARTS) is 1. The molecule has 1 fully saturated rings. The molecule has 0 bridgehead atoms. The molecule has 1 aliphatic rings. The Hall–Kier alpha value is -3.66. The molecule has 1 saturated heterocycles. The quantitative estimate of drug-likeness (QED) is 0.366. The smallest absolute Gasteiger partial charge is 0.337 e. The van der Waals surface area contributed by atoms with Crippen molar-refractivity contribution in [3.63, 3.8) is 0 Å². The zero-order valence-electron chi connectivity index (χ0n) is 16.5. The molecule has 160 valence electrons. The van der Waals surface area contributed by atoms with Crippen molar-refractivity contribution >= 4 is 41.0 Å². The summed E-state index contributed by atoms with van der Waals surface area (Å²) in [5.74, 6) is -1.15. The summed E-state index contributed by atoms with van der Waals surface area (Å²) < 4.78 is 10.4. The number of methoxy groups -OCH3 is 1. The van der Waals surface area contributed by atoms with Crippen molar-refractivity contribution in [1.29, 1.82) is 0 Å². The van der Waals surface area contributed by atoms with Crippen LogP contribution in [-0.4, -0.2) is 46.7 Å². The number of nitrogens with zero attached hydrogens (tertiary/aromatic N) is 2. The lowest BCUT2D eigenvalue weighted by Gasteiger charge is -2.07. The highest BCUT2D eigenvalue weighted by molar-refractivity contribution is 8.15. The number of rotatable bonds is 8. The number of hydrogen-bond donors (Lipinski definition) is 2. The van der Waals surface area contributed by atoms with E-state index in [9.17, 15) is 14.4 Å². The zero-order valence-corrected chi connectivity index (χ0v) is 17.3. The minimum Gasteiger partial charge on any atom is -0.489 e. The molecule has 0 saturated carbocycles. The van der Waals surface area contributed by atoms with E-state index in [2.05, 4.69) is 20.3 Å². The number of benzene rings is 2. The van der Waals surface area contributed by atoms with Crippen LogP contribution < -0.4 is 10.1 Å². The van der Waals surface area contributed by atoms with Crippen molar-refractivity contribution in [3.05, 3.63) is 65.2 Å². The standard InChI is InChI=1S/C21H19N3O6S/c1-29-20(28)15-6-2-14(3-7-15)12-30-16-8-4-13(5-9-16)11-22-24-21-23-19(27)17(31-21)10-18(25)26/h2-9,11,17H,10,12H2,1H3,(H,25,26)(H,23,24,27). The Bertz CT molecular complexity index is 1020. The van der Waals surface area contributed by atoms with Crippen molar-refractivity contribution in [1.82, 2.24) is 5.32 Å². The second kappa shape index (κ2) is 10.4. The first-order valence-corrected chi connectivity index (χ1v) is 10.0. The Morgan fingerprint density at radius 2 is 1.87 bits per heavy atom. The summed E-state index contributed by atoms with van der Waals surface area (Å²) in [7, 11) is 1.34. The SMILES string of the molecule is COC(=O)c1ccc(COc2ccc(C=NN=C3NC(=O)C(CC(=O)O)S3)cc2)cc1. The van der Waals surface area contributed by atoms with E-state index in [-0.39, 0.29) is 23.5 Å². The first kappa shape index (κ1) is 22.0. The highest BCUT2D eigenvalue weighted by Crippen LogP contribution is 2.22. The van der Waals surface area contributed by atoms with Crippen LogP contribution in [0.5, 0.6) is 5.75 Å². The summed E-state index contributed by atoms with van der Waals surface area (Å²) in [6.45, 7) is 0.344. The highest BCUT2D eigenvalue weighted by Gasteiger charge is 2.32. The minimum atomic E-state index is -1.04. The third-order valence-corrected chi connectivity index (χ3v) is 5.22. The van der Waals surface area contributed by atoms with Gasteiger partial charge in [-0.1, -0.05) is 23.9 Å². The van der Waals surface area contributed by atoms with E-state index in [4.69, 9.17) is 9.84 Å². The van der Waals surface area contributed by atoms with Gasteiger partial charge in [-0.15, -0.1) is 5.10 Å². The number of amides is 1. The maximum atomic E-state index is 11.7. The Kier molecular flexibility index (Phi) is 7.39. The fourth-order valence-corrected chi connectivity index (χ4v) is 3.48. The van der Waals surface area contributed by atoms with Crippen molar-refractivity contribution in [2.24, 2.45) is 10.2 Å². The minimum absolute atomic E-state index is 0.268. The van der Waals surface area contributed by atoms with Crippen LogP contribution in [0.15, 0.2) is 58.7 Å². The van der Waals surface area contributed by atoms with Crippen molar-refractivity contribution in [2.45, 2.75) is 18.3 Å². The second-order valence-electron chi connectivity index (χ2n) is 6.39. The summed E-state index contributed by atoms with van der Waals surface area (Å²) in [5, 5.41) is 18.7. The summed E-state index contributed by atoms with van der Waals surface area (Å²) in [5.41, 5.74) is 2.16. The summed E-state index contributed by atoms with van der Waals surface area (Å²) >= 11 is 1.04. The highest BCUT2D eigenvalue weighted by atomic mass is 32.2. The number of nitrogens with one attached hydrogen (secondary N) is 1. The van der Waals surface area contributed by atoms with Gasteiger partial charge in [0.15, 0.2) is 5.17 Å². The van der Waals surface area contributed by atoms with E-state index in [0.717, 1.165) is 22.9 Å². The van der Waals surface area contributed by atoms with Crippen LogP contribution in [0.4, 0.5) is 0 Å². The molecule has 1 amide bonds. The van der Waals surface area contributed by atoms with Crippen LogP contribution >= 0.6 is 11.8 Å². The predicted molar refractivity (Wildman–Crippen MR) is 115 cm³/mol. The van der Waals surface area contributed by atoms with Crippen LogP contribution in [0, 0.1) is 0 Å². The van der Waals surface area contributed by atoms with Gasteiger partial charge in [0, 0.05) is 0 Å². The number of thioether (sulfide) groups is 1. The summed E-state index contributed by atoms with van der Waals surface area (Å²) in [6.07, 6.45) is 1.25. The monoisotopic (exact) mass is 441 g/mol. The molecule has 1 atom stereocenters. The van der Waals surface area contributed by atoms with Crippen molar-refractivity contribution in [2.75, 3.05) is 7.11 Å². The lowest BCUT2D eigenvalue weighted by atomic mass is 10.1. The van der Waals surface area contributed by atoms with Gasteiger partial charge in [0.2, 0.25) is 5.91 Å². The Labute approximate surface area is 182 Å². The van der Waals surface area contributed by atoms with Gasteiger partial charge in [0.25, 0.3) is 0 Å². The second-order valence-corrected chi connectivity index (χ2v) is 7.58. The fraction of sp³-hybridized carbons (Fsp3) is 0.190. The molecule has 2 N–H and O–H groups in total. The first-order valence-electron chi connectivity index (χ1n) is 9.15. The molecule has 1 heterocycles. The molecule has 1 aliphatic heterocycles. The van der Waals surface area contributed by atoms with Crippen LogP contribution in [0.2, 0.25) is 0 Å². The lowest BCUT2D eigenvalue weighted by molar-refractivity contribution is -0.138. The third kappa shape index (κ3) is 6.41. The van der Waals surface area contributed by atoms with E-state index < -0.39 is 11.2 Å². The summed E-state index contributed by atoms with van der Waals surface area (Å²) in [4.78, 5) is 33.8. The molecule has 10 heteroatoms. The molecule has 0 radical (unpaired) electrons. The number of esters is 1. The molecule has 2 aromatic carbocycles. The van der Waals surface area contributed by atoms with Gasteiger partial charge in [-0.2, -0.15) is 5.10 Å². The Morgan fingerprint density at radius 1 is 1.16 bits per heavy atom. The molecule has 0 aliphatic carbocycles.